The molecule has 0 atom stereocenters. The summed E-state index contributed by atoms with van der Waals surface area (Å²) in [4.78, 5) is 22.5. The molecule has 0 aromatic heterocycles. The summed E-state index contributed by atoms with van der Waals surface area (Å²) in [7, 11) is -2.30. The fourth-order valence-electron chi connectivity index (χ4n) is 1.25. The third-order valence-corrected chi connectivity index (χ3v) is 3.25. The fraction of sp³-hybridized carbons (Fsp3) is 0.273. The number of ketones is 1. The van der Waals surface area contributed by atoms with Gasteiger partial charge in [-0.2, -0.15) is 0 Å². The molecule has 0 spiro atoms. The summed E-state index contributed by atoms with van der Waals surface area (Å²) in [6.45, 7) is 1.29. The first-order chi connectivity index (χ1) is 7.75. The highest BCUT2D eigenvalue weighted by Gasteiger charge is 2.15. The SMILES string of the molecule is COC(=O)c1cc(C(C)=O)cc(S(C)(=O)=O)c1. The molecule has 1 rings (SSSR count). The zero-order valence-corrected chi connectivity index (χ0v) is 10.5. The lowest BCUT2D eigenvalue weighted by atomic mass is 10.1. The number of sulfone groups is 1. The molecule has 0 unspecified atom stereocenters. The van der Waals surface area contributed by atoms with Gasteiger partial charge in [0.2, 0.25) is 0 Å². The molecule has 0 saturated heterocycles. The standard InChI is InChI=1S/C11H12O5S/c1-7(12)8-4-9(11(13)16-2)6-10(5-8)17(3,14)15/h4-6H,1-3H3. The van der Waals surface area contributed by atoms with Crippen molar-refractivity contribution in [1.29, 1.82) is 0 Å². The van der Waals surface area contributed by atoms with Crippen molar-refractivity contribution in [2.45, 2.75) is 11.8 Å². The van der Waals surface area contributed by atoms with Crippen molar-refractivity contribution in [3.63, 3.8) is 0 Å². The molecule has 5 nitrogen and oxygen atoms in total. The minimum absolute atomic E-state index is 0.0422. The summed E-state index contributed by atoms with van der Waals surface area (Å²) in [5.41, 5.74) is 0.203. The van der Waals surface area contributed by atoms with Crippen LogP contribution < -0.4 is 0 Å². The van der Waals surface area contributed by atoms with Crippen LogP contribution in [0.1, 0.15) is 27.6 Å². The van der Waals surface area contributed by atoms with Crippen molar-refractivity contribution in [3.8, 4) is 0 Å². The van der Waals surface area contributed by atoms with E-state index < -0.39 is 15.8 Å². The van der Waals surface area contributed by atoms with E-state index in [0.29, 0.717) is 0 Å². The summed E-state index contributed by atoms with van der Waals surface area (Å²) in [6.07, 6.45) is 1.01. The summed E-state index contributed by atoms with van der Waals surface area (Å²) in [6, 6.07) is 3.74. The Balaban J connectivity index is 3.50. The maximum atomic E-state index is 11.4. The van der Waals surface area contributed by atoms with Gasteiger partial charge < -0.3 is 4.74 Å². The van der Waals surface area contributed by atoms with Crippen LogP contribution in [-0.2, 0) is 14.6 Å². The van der Waals surface area contributed by atoms with Gasteiger partial charge in [0.1, 0.15) is 0 Å². The Labute approximate surface area is 99.3 Å². The quantitative estimate of drug-likeness (QED) is 0.597. The molecule has 6 heteroatoms. The number of rotatable bonds is 3. The van der Waals surface area contributed by atoms with E-state index in [1.807, 2.05) is 0 Å². The van der Waals surface area contributed by atoms with Crippen molar-refractivity contribution >= 4 is 21.6 Å². The molecule has 1 aromatic carbocycles. The van der Waals surface area contributed by atoms with Crippen LogP contribution >= 0.6 is 0 Å². The van der Waals surface area contributed by atoms with E-state index in [-0.39, 0.29) is 21.8 Å². The smallest absolute Gasteiger partial charge is 0.337 e. The third kappa shape index (κ3) is 3.13. The van der Waals surface area contributed by atoms with Crippen molar-refractivity contribution in [3.05, 3.63) is 29.3 Å². The predicted octanol–water partition coefficient (Wildman–Crippen LogP) is 1.08. The molecular weight excluding hydrogens is 244 g/mol. The van der Waals surface area contributed by atoms with Crippen LogP contribution in [-0.4, -0.2) is 33.5 Å². The van der Waals surface area contributed by atoms with E-state index in [4.69, 9.17) is 0 Å². The van der Waals surface area contributed by atoms with Crippen LogP contribution in [0.25, 0.3) is 0 Å². The van der Waals surface area contributed by atoms with Crippen LogP contribution in [0.15, 0.2) is 23.1 Å². The highest BCUT2D eigenvalue weighted by atomic mass is 32.2. The van der Waals surface area contributed by atoms with Gasteiger partial charge in [-0.3, -0.25) is 4.79 Å². The number of carbonyl (C=O) groups excluding carboxylic acids is 2. The van der Waals surface area contributed by atoms with Crippen LogP contribution in [0.2, 0.25) is 0 Å². The number of carbonyl (C=O) groups is 2. The Morgan fingerprint density at radius 2 is 1.65 bits per heavy atom. The number of ether oxygens (including phenoxy) is 1. The van der Waals surface area contributed by atoms with Crippen LogP contribution in [0.4, 0.5) is 0 Å². The molecule has 92 valence electrons. The highest BCUT2D eigenvalue weighted by Crippen LogP contribution is 2.16. The Bertz CT molecular complexity index is 572. The molecule has 0 heterocycles. The molecule has 0 aliphatic carbocycles. The largest absolute Gasteiger partial charge is 0.465 e. The van der Waals surface area contributed by atoms with E-state index in [2.05, 4.69) is 4.74 Å². The number of esters is 1. The van der Waals surface area contributed by atoms with E-state index >= 15 is 0 Å². The molecule has 0 aliphatic heterocycles. The van der Waals surface area contributed by atoms with Gasteiger partial charge in [-0.15, -0.1) is 0 Å². The zero-order valence-electron chi connectivity index (χ0n) is 9.68. The normalized spacial score (nSPS) is 11.0. The van der Waals surface area contributed by atoms with E-state index in [0.717, 1.165) is 6.26 Å². The number of hydrogen-bond acceptors (Lipinski definition) is 5. The van der Waals surface area contributed by atoms with Crippen LogP contribution in [0, 0.1) is 0 Å². The first kappa shape index (κ1) is 13.4. The van der Waals surface area contributed by atoms with Gasteiger partial charge >= 0.3 is 5.97 Å². The summed E-state index contributed by atoms with van der Waals surface area (Å²) >= 11 is 0. The number of benzene rings is 1. The monoisotopic (exact) mass is 256 g/mol. The highest BCUT2D eigenvalue weighted by molar-refractivity contribution is 7.90. The van der Waals surface area contributed by atoms with E-state index in [1.165, 1.54) is 32.2 Å². The van der Waals surface area contributed by atoms with Gasteiger partial charge in [-0.25, -0.2) is 13.2 Å². The molecule has 17 heavy (non-hydrogen) atoms. The van der Waals surface area contributed by atoms with Crippen molar-refractivity contribution < 1.29 is 22.7 Å². The van der Waals surface area contributed by atoms with Gasteiger partial charge in [-0.05, 0) is 25.1 Å². The number of methoxy groups -OCH3 is 1. The predicted molar refractivity (Wildman–Crippen MR) is 60.9 cm³/mol. The number of hydrogen-bond donors (Lipinski definition) is 0. The Kier molecular flexibility index (Phi) is 3.67. The second-order valence-corrected chi connectivity index (χ2v) is 5.58. The first-order valence-electron chi connectivity index (χ1n) is 4.70. The molecule has 0 bridgehead atoms. The molecule has 0 aliphatic rings. The Morgan fingerprint density at radius 1 is 1.12 bits per heavy atom. The lowest BCUT2D eigenvalue weighted by Crippen LogP contribution is -2.07. The van der Waals surface area contributed by atoms with Gasteiger partial charge in [0, 0.05) is 11.8 Å². The zero-order chi connectivity index (χ0) is 13.2. The Hall–Kier alpha value is -1.69. The van der Waals surface area contributed by atoms with Crippen molar-refractivity contribution in [1.82, 2.24) is 0 Å². The minimum Gasteiger partial charge on any atom is -0.465 e. The molecule has 1 aromatic rings. The molecule has 0 radical (unpaired) electrons. The van der Waals surface area contributed by atoms with Gasteiger partial charge in [-0.1, -0.05) is 0 Å². The maximum absolute atomic E-state index is 11.4. The van der Waals surface area contributed by atoms with Crippen molar-refractivity contribution in [2.24, 2.45) is 0 Å². The second kappa shape index (κ2) is 4.67. The van der Waals surface area contributed by atoms with Crippen molar-refractivity contribution in [2.75, 3.05) is 13.4 Å². The summed E-state index contributed by atoms with van der Waals surface area (Å²) in [5.74, 6) is -1.00. The lowest BCUT2D eigenvalue weighted by molar-refractivity contribution is 0.0600. The van der Waals surface area contributed by atoms with Crippen LogP contribution in [0.5, 0.6) is 0 Å². The molecule has 0 N–H and O–H groups in total. The summed E-state index contributed by atoms with van der Waals surface area (Å²) in [5, 5.41) is 0. The maximum Gasteiger partial charge on any atom is 0.337 e. The van der Waals surface area contributed by atoms with Gasteiger partial charge in [0.25, 0.3) is 0 Å². The average Bonchev–Trinajstić information content (AvgIpc) is 2.26. The molecule has 0 amide bonds. The molecule has 0 fully saturated rings. The first-order valence-corrected chi connectivity index (χ1v) is 6.59. The fourth-order valence-corrected chi connectivity index (χ4v) is 1.93. The topological polar surface area (TPSA) is 77.5 Å². The van der Waals surface area contributed by atoms with Gasteiger partial charge in [0.15, 0.2) is 15.6 Å². The average molecular weight is 256 g/mol. The van der Waals surface area contributed by atoms with E-state index in [1.54, 1.807) is 0 Å². The molecular formula is C11H12O5S. The van der Waals surface area contributed by atoms with Gasteiger partial charge in [0.05, 0.1) is 17.6 Å². The lowest BCUT2D eigenvalue weighted by Gasteiger charge is -2.05. The third-order valence-electron chi connectivity index (χ3n) is 2.16. The van der Waals surface area contributed by atoms with E-state index in [9.17, 15) is 18.0 Å². The number of Topliss-reactive ketones (excluding diaryl/α,β-unsaturated/α-hetero) is 1. The second-order valence-electron chi connectivity index (χ2n) is 3.57. The summed E-state index contributed by atoms with van der Waals surface area (Å²) < 4.78 is 27.3. The Morgan fingerprint density at radius 3 is 2.06 bits per heavy atom. The minimum atomic E-state index is -3.48. The molecule has 0 saturated carbocycles. The van der Waals surface area contributed by atoms with Crippen LogP contribution in [0.3, 0.4) is 0 Å².